The van der Waals surface area contributed by atoms with Crippen molar-refractivity contribution in [2.75, 3.05) is 33.8 Å². The van der Waals surface area contributed by atoms with Gasteiger partial charge in [-0.2, -0.15) is 0 Å². The van der Waals surface area contributed by atoms with Crippen molar-refractivity contribution in [3.63, 3.8) is 0 Å². The number of nitrogens with zero attached hydrogens (tertiary/aromatic N) is 3. The average Bonchev–Trinajstić information content (AvgIpc) is 2.99. The van der Waals surface area contributed by atoms with E-state index in [9.17, 15) is 0 Å². The Morgan fingerprint density at radius 2 is 1.90 bits per heavy atom. The molecule has 1 aromatic carbocycles. The predicted molar refractivity (Wildman–Crippen MR) is 134 cm³/mol. The molecule has 8 heteroatoms. The first-order chi connectivity index (χ1) is 13.5. The fourth-order valence-electron chi connectivity index (χ4n) is 2.68. The van der Waals surface area contributed by atoms with Crippen LogP contribution in [0.5, 0.6) is 5.75 Å². The first kappa shape index (κ1) is 25.6. The highest BCUT2D eigenvalue weighted by Crippen LogP contribution is 2.16. The molecule has 162 valence electrons. The van der Waals surface area contributed by atoms with Crippen molar-refractivity contribution in [3.05, 3.63) is 45.4 Å². The van der Waals surface area contributed by atoms with Crippen molar-refractivity contribution in [2.45, 2.75) is 40.3 Å². The maximum Gasteiger partial charge on any atom is 0.191 e. The monoisotopic (exact) mass is 531 g/mol. The molecule has 0 saturated carbocycles. The number of hydrogen-bond acceptors (Lipinski definition) is 5. The topological polar surface area (TPSA) is 61.8 Å². The van der Waals surface area contributed by atoms with E-state index in [1.807, 2.05) is 19.1 Å². The molecule has 6 nitrogen and oxygen atoms in total. The van der Waals surface area contributed by atoms with Crippen LogP contribution in [0.15, 0.2) is 29.3 Å². The van der Waals surface area contributed by atoms with E-state index in [1.54, 1.807) is 11.3 Å². The smallest absolute Gasteiger partial charge is 0.191 e. The highest BCUT2D eigenvalue weighted by molar-refractivity contribution is 14.0. The van der Waals surface area contributed by atoms with Crippen LogP contribution in [-0.4, -0.2) is 49.6 Å². The normalized spacial score (nSPS) is 11.3. The molecule has 1 heterocycles. The first-order valence-electron chi connectivity index (χ1n) is 9.79. The van der Waals surface area contributed by atoms with Gasteiger partial charge in [-0.25, -0.2) is 9.98 Å². The van der Waals surface area contributed by atoms with E-state index in [0.717, 1.165) is 60.6 Å². The van der Waals surface area contributed by atoms with Crippen LogP contribution in [0.2, 0.25) is 0 Å². The van der Waals surface area contributed by atoms with E-state index in [2.05, 4.69) is 60.6 Å². The molecule has 1 aromatic heterocycles. The summed E-state index contributed by atoms with van der Waals surface area (Å²) in [5.41, 5.74) is 2.25. The van der Waals surface area contributed by atoms with Crippen LogP contribution < -0.4 is 15.4 Å². The molecule has 0 spiro atoms. The number of ether oxygens (including phenoxy) is 1. The number of nitrogens with one attached hydrogen (secondary N) is 2. The number of aryl methyl sites for hydroxylation is 2. The lowest BCUT2D eigenvalue weighted by molar-refractivity contribution is 0.281. The van der Waals surface area contributed by atoms with Crippen molar-refractivity contribution in [1.82, 2.24) is 20.5 Å². The van der Waals surface area contributed by atoms with Gasteiger partial charge in [-0.1, -0.05) is 12.1 Å². The summed E-state index contributed by atoms with van der Waals surface area (Å²) in [6.07, 6.45) is 1.02. The van der Waals surface area contributed by atoms with Gasteiger partial charge in [0.05, 0.1) is 30.4 Å². The molecule has 0 aliphatic heterocycles. The third-order valence-electron chi connectivity index (χ3n) is 4.12. The summed E-state index contributed by atoms with van der Waals surface area (Å²) >= 11 is 1.73. The molecule has 0 fully saturated rings. The second-order valence-corrected chi connectivity index (χ2v) is 8.23. The van der Waals surface area contributed by atoms with Crippen molar-refractivity contribution >= 4 is 41.3 Å². The molecule has 0 saturated heterocycles. The molecule has 0 bridgehead atoms. The zero-order valence-electron chi connectivity index (χ0n) is 18.1. The first-order valence-corrected chi connectivity index (χ1v) is 10.6. The van der Waals surface area contributed by atoms with Crippen LogP contribution in [0.4, 0.5) is 0 Å². The zero-order valence-corrected chi connectivity index (χ0v) is 21.3. The van der Waals surface area contributed by atoms with Gasteiger partial charge in [-0.15, -0.1) is 35.3 Å². The average molecular weight is 532 g/mol. The van der Waals surface area contributed by atoms with Crippen LogP contribution in [0.25, 0.3) is 0 Å². The summed E-state index contributed by atoms with van der Waals surface area (Å²) in [5.74, 6) is 1.73. The molecule has 0 radical (unpaired) electrons. The lowest BCUT2D eigenvalue weighted by Crippen LogP contribution is -2.36. The third-order valence-corrected chi connectivity index (χ3v) is 5.19. The van der Waals surface area contributed by atoms with Crippen molar-refractivity contribution in [1.29, 1.82) is 0 Å². The third kappa shape index (κ3) is 9.77. The molecule has 0 atom stereocenters. The van der Waals surface area contributed by atoms with Gasteiger partial charge in [0, 0.05) is 18.0 Å². The van der Waals surface area contributed by atoms with Gasteiger partial charge < -0.3 is 20.3 Å². The lowest BCUT2D eigenvalue weighted by atomic mass is 10.2. The standard InChI is InChI=1S/C21H33N5OS.HI/c1-6-22-21(24-15-20-16(2)25-17(3)28-20)23-14-18-8-10-19(11-9-18)27-13-7-12-26(4)5;/h8-11H,6-7,12-15H2,1-5H3,(H2,22,23,24);1H. The number of hydrogen-bond donors (Lipinski definition) is 2. The van der Waals surface area contributed by atoms with Crippen LogP contribution >= 0.6 is 35.3 Å². The van der Waals surface area contributed by atoms with Gasteiger partial charge in [-0.05, 0) is 59.0 Å². The maximum atomic E-state index is 5.78. The van der Waals surface area contributed by atoms with E-state index >= 15 is 0 Å². The second-order valence-electron chi connectivity index (χ2n) is 6.94. The molecule has 2 N–H and O–H groups in total. The number of thiazole rings is 1. The Labute approximate surface area is 196 Å². The van der Waals surface area contributed by atoms with Gasteiger partial charge in [0.2, 0.25) is 0 Å². The molecule has 0 aliphatic rings. The molecular formula is C21H34IN5OS. The summed E-state index contributed by atoms with van der Waals surface area (Å²) in [4.78, 5) is 12.6. The molecule has 2 rings (SSSR count). The van der Waals surface area contributed by atoms with Gasteiger partial charge in [0.25, 0.3) is 0 Å². The largest absolute Gasteiger partial charge is 0.494 e. The van der Waals surface area contributed by atoms with Gasteiger partial charge >= 0.3 is 0 Å². The Balaban J connectivity index is 0.00000420. The Morgan fingerprint density at radius 1 is 1.17 bits per heavy atom. The maximum absolute atomic E-state index is 5.78. The summed E-state index contributed by atoms with van der Waals surface area (Å²) in [7, 11) is 4.15. The van der Waals surface area contributed by atoms with Gasteiger partial charge in [0.1, 0.15) is 5.75 Å². The minimum atomic E-state index is 0. The van der Waals surface area contributed by atoms with Crippen molar-refractivity contribution < 1.29 is 4.74 Å². The van der Waals surface area contributed by atoms with Crippen LogP contribution in [0.1, 0.15) is 34.5 Å². The van der Waals surface area contributed by atoms with Crippen molar-refractivity contribution in [3.8, 4) is 5.75 Å². The fraction of sp³-hybridized carbons (Fsp3) is 0.524. The molecule has 0 amide bonds. The van der Waals surface area contributed by atoms with E-state index in [1.165, 1.54) is 4.88 Å². The minimum absolute atomic E-state index is 0. The minimum Gasteiger partial charge on any atom is -0.494 e. The Bertz CT molecular complexity index is 746. The van der Waals surface area contributed by atoms with Crippen LogP contribution in [-0.2, 0) is 13.1 Å². The summed E-state index contributed by atoms with van der Waals surface area (Å²) in [6.45, 7) is 10.1. The lowest BCUT2D eigenvalue weighted by Gasteiger charge is -2.11. The molecular weight excluding hydrogens is 497 g/mol. The number of guanidine groups is 1. The SMILES string of the molecule is CCNC(=NCc1ccc(OCCCN(C)C)cc1)NCc1sc(C)nc1C.I. The fourth-order valence-corrected chi connectivity index (χ4v) is 3.55. The Kier molecular flexibility index (Phi) is 12.2. The molecule has 29 heavy (non-hydrogen) atoms. The highest BCUT2D eigenvalue weighted by atomic mass is 127. The van der Waals surface area contributed by atoms with Gasteiger partial charge in [0.15, 0.2) is 5.96 Å². The van der Waals surface area contributed by atoms with E-state index in [-0.39, 0.29) is 24.0 Å². The highest BCUT2D eigenvalue weighted by Gasteiger charge is 2.06. The predicted octanol–water partition coefficient (Wildman–Crippen LogP) is 3.96. The molecule has 0 aliphatic carbocycles. The summed E-state index contributed by atoms with van der Waals surface area (Å²) in [5, 5.41) is 7.79. The van der Waals surface area contributed by atoms with Crippen molar-refractivity contribution in [2.24, 2.45) is 4.99 Å². The molecule has 2 aromatic rings. The Morgan fingerprint density at radius 3 is 2.48 bits per heavy atom. The van der Waals surface area contributed by atoms with E-state index < -0.39 is 0 Å². The number of aliphatic imine (C=N–C) groups is 1. The number of benzene rings is 1. The van der Waals surface area contributed by atoms with E-state index in [0.29, 0.717) is 6.54 Å². The number of rotatable bonds is 10. The second kappa shape index (κ2) is 13.8. The number of aromatic nitrogens is 1. The summed E-state index contributed by atoms with van der Waals surface area (Å²) in [6, 6.07) is 8.19. The quantitative estimate of drug-likeness (QED) is 0.210. The molecule has 0 unspecified atom stereocenters. The zero-order chi connectivity index (χ0) is 20.4. The van der Waals surface area contributed by atoms with Crippen LogP contribution in [0, 0.1) is 13.8 Å². The Hall–Kier alpha value is -1.39. The van der Waals surface area contributed by atoms with Crippen LogP contribution in [0.3, 0.4) is 0 Å². The van der Waals surface area contributed by atoms with Gasteiger partial charge in [-0.3, -0.25) is 0 Å². The number of halogens is 1. The summed E-state index contributed by atoms with van der Waals surface area (Å²) < 4.78 is 5.78. The van der Waals surface area contributed by atoms with E-state index in [4.69, 9.17) is 9.73 Å².